The van der Waals surface area contributed by atoms with Crippen LogP contribution in [0.1, 0.15) is 29.8 Å². The summed E-state index contributed by atoms with van der Waals surface area (Å²) in [6, 6.07) is 10.5. The second-order valence-corrected chi connectivity index (χ2v) is 5.44. The van der Waals surface area contributed by atoms with Crippen LogP contribution in [0.3, 0.4) is 0 Å². The van der Waals surface area contributed by atoms with Gasteiger partial charge < -0.3 is 5.32 Å². The molecule has 3 rings (SSSR count). The van der Waals surface area contributed by atoms with Crippen molar-refractivity contribution in [3.05, 3.63) is 53.2 Å². The first-order chi connectivity index (χ1) is 9.90. The van der Waals surface area contributed by atoms with Crippen LogP contribution in [-0.2, 0) is 0 Å². The Morgan fingerprint density at radius 1 is 1.25 bits per heavy atom. The van der Waals surface area contributed by atoms with E-state index >= 15 is 0 Å². The topological polar surface area (TPSA) is 50.7 Å². The average molecular weight is 284 g/mol. The number of pyridine rings is 1. The highest BCUT2D eigenvalue weighted by atomic mass is 32.1. The summed E-state index contributed by atoms with van der Waals surface area (Å²) in [7, 11) is 0. The third-order valence-electron chi connectivity index (χ3n) is 3.25. The zero-order valence-electron chi connectivity index (χ0n) is 11.3. The fourth-order valence-electron chi connectivity index (χ4n) is 2.33. The van der Waals surface area contributed by atoms with Crippen LogP contribution in [0.25, 0.3) is 10.9 Å². The summed E-state index contributed by atoms with van der Waals surface area (Å²) in [6.45, 7) is 3.12. The molecule has 0 fully saturated rings. The molecule has 4 nitrogen and oxygen atoms in total. The standard InChI is InChI=1S/C15H16N4S/c1-2-8-17-15(14-10-18-19-20-14)12-5-3-7-13-11(12)6-4-9-16-13/h3-7,9-10,15,17H,2,8H2,1H3. The minimum absolute atomic E-state index is 0.128. The summed E-state index contributed by atoms with van der Waals surface area (Å²) >= 11 is 1.44. The van der Waals surface area contributed by atoms with Crippen LogP contribution in [0.4, 0.5) is 0 Å². The Labute approximate surface area is 122 Å². The predicted molar refractivity (Wildman–Crippen MR) is 81.8 cm³/mol. The predicted octanol–water partition coefficient (Wildman–Crippen LogP) is 3.18. The Morgan fingerprint density at radius 2 is 2.20 bits per heavy atom. The fourth-order valence-corrected chi connectivity index (χ4v) is 2.93. The van der Waals surface area contributed by atoms with Crippen molar-refractivity contribution in [2.24, 2.45) is 0 Å². The molecule has 0 aliphatic rings. The number of aromatic nitrogens is 3. The lowest BCUT2D eigenvalue weighted by Gasteiger charge is -2.18. The van der Waals surface area contributed by atoms with Gasteiger partial charge in [0.2, 0.25) is 0 Å². The van der Waals surface area contributed by atoms with E-state index in [9.17, 15) is 0 Å². The van der Waals surface area contributed by atoms with E-state index < -0.39 is 0 Å². The first-order valence-electron chi connectivity index (χ1n) is 6.74. The number of hydrogen-bond acceptors (Lipinski definition) is 5. The van der Waals surface area contributed by atoms with Crippen molar-refractivity contribution < 1.29 is 0 Å². The molecule has 1 atom stereocenters. The van der Waals surface area contributed by atoms with E-state index in [-0.39, 0.29) is 6.04 Å². The van der Waals surface area contributed by atoms with Crippen molar-refractivity contribution >= 4 is 22.4 Å². The summed E-state index contributed by atoms with van der Waals surface area (Å²) in [6.07, 6.45) is 4.76. The van der Waals surface area contributed by atoms with Gasteiger partial charge in [0.25, 0.3) is 0 Å². The fraction of sp³-hybridized carbons (Fsp3) is 0.267. The Hall–Kier alpha value is -1.85. The molecule has 102 valence electrons. The Kier molecular flexibility index (Phi) is 3.99. The van der Waals surface area contributed by atoms with Crippen molar-refractivity contribution in [2.45, 2.75) is 19.4 Å². The SMILES string of the molecule is CCCNC(c1cnns1)c1cccc2ncccc12. The Bertz CT molecular complexity index is 676. The lowest BCUT2D eigenvalue weighted by Crippen LogP contribution is -2.22. The Morgan fingerprint density at radius 3 is 3.00 bits per heavy atom. The lowest BCUT2D eigenvalue weighted by molar-refractivity contribution is 0.608. The smallest absolute Gasteiger partial charge is 0.0710 e. The number of rotatable bonds is 5. The molecule has 1 aromatic carbocycles. The molecule has 0 aliphatic carbocycles. The molecule has 0 aliphatic heterocycles. The molecule has 5 heteroatoms. The van der Waals surface area contributed by atoms with Crippen molar-refractivity contribution in [1.82, 2.24) is 19.9 Å². The monoisotopic (exact) mass is 284 g/mol. The summed E-state index contributed by atoms with van der Waals surface area (Å²) in [5.41, 5.74) is 2.25. The third-order valence-corrected chi connectivity index (χ3v) is 3.98. The van der Waals surface area contributed by atoms with Crippen LogP contribution in [0, 0.1) is 0 Å². The highest BCUT2D eigenvalue weighted by Crippen LogP contribution is 2.29. The van der Waals surface area contributed by atoms with Crippen molar-refractivity contribution in [2.75, 3.05) is 6.54 Å². The number of nitrogens with one attached hydrogen (secondary N) is 1. The van der Waals surface area contributed by atoms with E-state index in [0.717, 1.165) is 23.4 Å². The van der Waals surface area contributed by atoms with Crippen LogP contribution < -0.4 is 5.32 Å². The van der Waals surface area contributed by atoms with Crippen LogP contribution in [0.5, 0.6) is 0 Å². The quantitative estimate of drug-likeness (QED) is 0.782. The maximum absolute atomic E-state index is 4.43. The minimum atomic E-state index is 0.128. The first kappa shape index (κ1) is 13.1. The molecule has 0 radical (unpaired) electrons. The van der Waals surface area contributed by atoms with Crippen molar-refractivity contribution in [1.29, 1.82) is 0 Å². The molecule has 20 heavy (non-hydrogen) atoms. The van der Waals surface area contributed by atoms with Gasteiger partial charge in [0, 0.05) is 11.6 Å². The number of hydrogen-bond donors (Lipinski definition) is 1. The molecule has 0 amide bonds. The van der Waals surface area contributed by atoms with E-state index in [1.807, 2.05) is 24.5 Å². The largest absolute Gasteiger partial charge is 0.305 e. The highest BCUT2D eigenvalue weighted by Gasteiger charge is 2.18. The van der Waals surface area contributed by atoms with Crippen LogP contribution in [0.15, 0.2) is 42.7 Å². The number of fused-ring (bicyclic) bond motifs is 1. The normalized spacial score (nSPS) is 12.7. The lowest BCUT2D eigenvalue weighted by atomic mass is 10.0. The summed E-state index contributed by atoms with van der Waals surface area (Å²) in [4.78, 5) is 5.56. The van der Waals surface area contributed by atoms with E-state index in [4.69, 9.17) is 0 Å². The van der Waals surface area contributed by atoms with Crippen molar-refractivity contribution in [3.63, 3.8) is 0 Å². The molecule has 0 saturated heterocycles. The summed E-state index contributed by atoms with van der Waals surface area (Å²) < 4.78 is 3.99. The number of benzene rings is 1. The van der Waals surface area contributed by atoms with Crippen molar-refractivity contribution in [3.8, 4) is 0 Å². The maximum Gasteiger partial charge on any atom is 0.0710 e. The van der Waals surface area contributed by atoms with Gasteiger partial charge in [-0.1, -0.05) is 29.6 Å². The van der Waals surface area contributed by atoms with Gasteiger partial charge in [0.05, 0.1) is 22.6 Å². The summed E-state index contributed by atoms with van der Waals surface area (Å²) in [5, 5.41) is 8.73. The van der Waals surface area contributed by atoms with Gasteiger partial charge in [-0.2, -0.15) is 0 Å². The van der Waals surface area contributed by atoms with E-state index in [2.05, 4.69) is 45.0 Å². The molecular formula is C15H16N4S. The van der Waals surface area contributed by atoms with E-state index in [1.54, 1.807) is 0 Å². The Balaban J connectivity index is 2.09. The molecule has 0 spiro atoms. The zero-order valence-corrected chi connectivity index (χ0v) is 12.1. The van der Waals surface area contributed by atoms with Gasteiger partial charge >= 0.3 is 0 Å². The second kappa shape index (κ2) is 6.07. The molecular weight excluding hydrogens is 268 g/mol. The number of nitrogens with zero attached hydrogens (tertiary/aromatic N) is 3. The van der Waals surface area contributed by atoms with E-state index in [1.165, 1.54) is 22.5 Å². The van der Waals surface area contributed by atoms with Gasteiger partial charge in [-0.05, 0) is 42.2 Å². The van der Waals surface area contributed by atoms with Crippen LogP contribution in [-0.4, -0.2) is 21.1 Å². The average Bonchev–Trinajstić information content (AvgIpc) is 3.02. The van der Waals surface area contributed by atoms with Gasteiger partial charge in [-0.25, -0.2) is 0 Å². The first-order valence-corrected chi connectivity index (χ1v) is 7.51. The highest BCUT2D eigenvalue weighted by molar-refractivity contribution is 7.05. The molecule has 0 saturated carbocycles. The zero-order chi connectivity index (χ0) is 13.8. The molecule has 2 aromatic heterocycles. The van der Waals surface area contributed by atoms with Gasteiger partial charge in [0.1, 0.15) is 0 Å². The second-order valence-electron chi connectivity index (χ2n) is 4.62. The molecule has 3 aromatic rings. The van der Waals surface area contributed by atoms with Gasteiger partial charge in [-0.15, -0.1) is 5.10 Å². The maximum atomic E-state index is 4.43. The third kappa shape index (κ3) is 2.55. The van der Waals surface area contributed by atoms with Crippen LogP contribution in [0.2, 0.25) is 0 Å². The molecule has 1 unspecified atom stereocenters. The van der Waals surface area contributed by atoms with Crippen LogP contribution >= 0.6 is 11.5 Å². The summed E-state index contributed by atoms with van der Waals surface area (Å²) in [5.74, 6) is 0. The van der Waals surface area contributed by atoms with Gasteiger partial charge in [-0.3, -0.25) is 4.98 Å². The molecule has 0 bridgehead atoms. The molecule has 1 N–H and O–H groups in total. The van der Waals surface area contributed by atoms with Gasteiger partial charge in [0.15, 0.2) is 0 Å². The molecule has 2 heterocycles. The minimum Gasteiger partial charge on any atom is -0.305 e. The van der Waals surface area contributed by atoms with E-state index in [0.29, 0.717) is 0 Å².